The van der Waals surface area contributed by atoms with Crippen molar-refractivity contribution in [3.8, 4) is 6.07 Å². The molecule has 0 bridgehead atoms. The molecule has 6 heteroatoms. The average molecular weight is 293 g/mol. The maximum atomic E-state index is 11.6. The number of rotatable bonds is 4. The van der Waals surface area contributed by atoms with Gasteiger partial charge in [-0.3, -0.25) is 5.32 Å². The van der Waals surface area contributed by atoms with Crippen molar-refractivity contribution >= 4 is 23.2 Å². The molecule has 3 N–H and O–H groups in total. The smallest absolute Gasteiger partial charge is 0.320 e. The molecule has 0 radical (unpaired) electrons. The summed E-state index contributed by atoms with van der Waals surface area (Å²) in [4.78, 5) is 15.8. The Kier molecular flexibility index (Phi) is 3.88. The van der Waals surface area contributed by atoms with Crippen LogP contribution in [0.25, 0.3) is 0 Å². The van der Waals surface area contributed by atoms with Crippen LogP contribution in [0.15, 0.2) is 42.6 Å². The molecular weight excluding hydrogens is 278 g/mol. The number of aromatic nitrogens is 1. The second-order valence-electron chi connectivity index (χ2n) is 5.09. The predicted octanol–water partition coefficient (Wildman–Crippen LogP) is 2.98. The fourth-order valence-electron chi connectivity index (χ4n) is 1.95. The molecule has 1 aromatic heterocycles. The van der Waals surface area contributed by atoms with E-state index in [9.17, 15) is 4.79 Å². The van der Waals surface area contributed by atoms with Gasteiger partial charge in [0.1, 0.15) is 11.9 Å². The van der Waals surface area contributed by atoms with Crippen molar-refractivity contribution in [3.63, 3.8) is 0 Å². The number of pyridine rings is 1. The Hall–Kier alpha value is -3.07. The van der Waals surface area contributed by atoms with Crippen LogP contribution in [0.1, 0.15) is 18.4 Å². The first-order valence-corrected chi connectivity index (χ1v) is 7.04. The number of anilines is 3. The Morgan fingerprint density at radius 3 is 2.73 bits per heavy atom. The van der Waals surface area contributed by atoms with Gasteiger partial charge in [0.15, 0.2) is 0 Å². The van der Waals surface area contributed by atoms with E-state index >= 15 is 0 Å². The summed E-state index contributed by atoms with van der Waals surface area (Å²) in [5.41, 5.74) is 2.03. The van der Waals surface area contributed by atoms with Crippen LogP contribution >= 0.6 is 0 Å². The van der Waals surface area contributed by atoms with Crippen LogP contribution in [0.4, 0.5) is 22.0 Å². The SMILES string of the molecule is N#Cc1ccccc1Nc1ccc(NC(=O)NC2CC2)nc1. The van der Waals surface area contributed by atoms with Crippen molar-refractivity contribution in [3.05, 3.63) is 48.2 Å². The van der Waals surface area contributed by atoms with Crippen LogP contribution in [-0.4, -0.2) is 17.1 Å². The van der Waals surface area contributed by atoms with E-state index in [1.54, 1.807) is 24.4 Å². The Morgan fingerprint density at radius 2 is 2.05 bits per heavy atom. The maximum Gasteiger partial charge on any atom is 0.320 e. The highest BCUT2D eigenvalue weighted by Crippen LogP contribution is 2.21. The summed E-state index contributed by atoms with van der Waals surface area (Å²) in [5.74, 6) is 0.484. The Balaban J connectivity index is 1.63. The molecule has 1 aromatic carbocycles. The number of carbonyl (C=O) groups is 1. The number of nitrogens with one attached hydrogen (secondary N) is 3. The average Bonchev–Trinajstić information content (AvgIpc) is 3.33. The van der Waals surface area contributed by atoms with Crippen LogP contribution in [0.3, 0.4) is 0 Å². The monoisotopic (exact) mass is 293 g/mol. The molecule has 22 heavy (non-hydrogen) atoms. The number of hydrogen-bond donors (Lipinski definition) is 3. The van der Waals surface area contributed by atoms with E-state index in [2.05, 4.69) is 27.0 Å². The van der Waals surface area contributed by atoms with Gasteiger partial charge in [-0.05, 0) is 37.1 Å². The Labute approximate surface area is 128 Å². The van der Waals surface area contributed by atoms with Gasteiger partial charge >= 0.3 is 6.03 Å². The molecule has 1 fully saturated rings. The van der Waals surface area contributed by atoms with Crippen molar-refractivity contribution in [1.29, 1.82) is 5.26 Å². The zero-order chi connectivity index (χ0) is 15.4. The molecule has 110 valence electrons. The lowest BCUT2D eigenvalue weighted by molar-refractivity contribution is 0.251. The fraction of sp³-hybridized carbons (Fsp3) is 0.188. The standard InChI is InChI=1S/C16H15N5O/c17-9-11-3-1-2-4-14(11)19-13-7-8-15(18-10-13)21-16(22)20-12-5-6-12/h1-4,7-8,10,12,19H,5-6H2,(H2,18,20,21,22). The maximum absolute atomic E-state index is 11.6. The summed E-state index contributed by atoms with van der Waals surface area (Å²) in [6.45, 7) is 0. The van der Waals surface area contributed by atoms with Gasteiger partial charge in [-0.1, -0.05) is 12.1 Å². The third-order valence-electron chi connectivity index (χ3n) is 3.24. The normalized spacial score (nSPS) is 13.0. The third-order valence-corrected chi connectivity index (χ3v) is 3.24. The molecule has 1 saturated carbocycles. The van der Waals surface area contributed by atoms with Gasteiger partial charge in [0.2, 0.25) is 0 Å². The van der Waals surface area contributed by atoms with E-state index in [0.29, 0.717) is 17.4 Å². The fourth-order valence-corrected chi connectivity index (χ4v) is 1.95. The first-order valence-electron chi connectivity index (χ1n) is 7.04. The van der Waals surface area contributed by atoms with Gasteiger partial charge in [0.05, 0.1) is 23.1 Å². The molecule has 0 aliphatic heterocycles. The minimum atomic E-state index is -0.231. The van der Waals surface area contributed by atoms with E-state index in [0.717, 1.165) is 24.2 Å². The molecule has 2 aromatic rings. The predicted molar refractivity (Wildman–Crippen MR) is 83.9 cm³/mol. The number of nitrogens with zero attached hydrogens (tertiary/aromatic N) is 2. The molecule has 0 unspecified atom stereocenters. The number of carbonyl (C=O) groups excluding carboxylic acids is 1. The number of para-hydroxylation sites is 1. The molecule has 1 aliphatic rings. The second-order valence-corrected chi connectivity index (χ2v) is 5.09. The lowest BCUT2D eigenvalue weighted by Gasteiger charge is -2.09. The lowest BCUT2D eigenvalue weighted by Crippen LogP contribution is -2.30. The highest BCUT2D eigenvalue weighted by atomic mass is 16.2. The van der Waals surface area contributed by atoms with Crippen molar-refractivity contribution in [2.24, 2.45) is 0 Å². The molecule has 0 saturated heterocycles. The third kappa shape index (κ3) is 3.52. The zero-order valence-electron chi connectivity index (χ0n) is 11.8. The first-order chi connectivity index (χ1) is 10.7. The van der Waals surface area contributed by atoms with Crippen LogP contribution < -0.4 is 16.0 Å². The summed E-state index contributed by atoms with van der Waals surface area (Å²) >= 11 is 0. The quantitative estimate of drug-likeness (QED) is 0.808. The van der Waals surface area contributed by atoms with Crippen molar-refractivity contribution in [2.75, 3.05) is 10.6 Å². The molecule has 0 spiro atoms. The number of nitriles is 1. The molecular formula is C16H15N5O. The Morgan fingerprint density at radius 1 is 1.23 bits per heavy atom. The van der Waals surface area contributed by atoms with Gasteiger partial charge in [-0.25, -0.2) is 9.78 Å². The van der Waals surface area contributed by atoms with Crippen LogP contribution in [0.5, 0.6) is 0 Å². The van der Waals surface area contributed by atoms with Gasteiger partial charge in [-0.15, -0.1) is 0 Å². The number of benzene rings is 1. The largest absolute Gasteiger partial charge is 0.353 e. The highest BCUT2D eigenvalue weighted by Gasteiger charge is 2.23. The molecule has 1 heterocycles. The number of urea groups is 1. The zero-order valence-corrected chi connectivity index (χ0v) is 11.8. The summed E-state index contributed by atoms with van der Waals surface area (Å²) in [5, 5.41) is 17.7. The summed E-state index contributed by atoms with van der Waals surface area (Å²) in [6, 6.07) is 13.0. The van der Waals surface area contributed by atoms with Crippen LogP contribution in [-0.2, 0) is 0 Å². The topological polar surface area (TPSA) is 89.8 Å². The first kappa shape index (κ1) is 13.9. The molecule has 6 nitrogen and oxygen atoms in total. The number of hydrogen-bond acceptors (Lipinski definition) is 4. The van der Waals surface area contributed by atoms with Gasteiger partial charge in [0.25, 0.3) is 0 Å². The molecule has 0 atom stereocenters. The van der Waals surface area contributed by atoms with Crippen molar-refractivity contribution < 1.29 is 4.79 Å². The summed E-state index contributed by atoms with van der Waals surface area (Å²) in [6.07, 6.45) is 3.70. The van der Waals surface area contributed by atoms with E-state index in [4.69, 9.17) is 5.26 Å². The van der Waals surface area contributed by atoms with E-state index in [1.165, 1.54) is 0 Å². The summed E-state index contributed by atoms with van der Waals surface area (Å²) < 4.78 is 0. The Bertz CT molecular complexity index is 716. The van der Waals surface area contributed by atoms with Gasteiger partial charge < -0.3 is 10.6 Å². The lowest BCUT2D eigenvalue weighted by atomic mass is 10.2. The van der Waals surface area contributed by atoms with Gasteiger partial charge in [0, 0.05) is 6.04 Å². The molecule has 3 rings (SSSR count). The minimum Gasteiger partial charge on any atom is -0.353 e. The number of amides is 2. The van der Waals surface area contributed by atoms with E-state index in [-0.39, 0.29) is 6.03 Å². The summed E-state index contributed by atoms with van der Waals surface area (Å²) in [7, 11) is 0. The highest BCUT2D eigenvalue weighted by molar-refractivity contribution is 5.88. The van der Waals surface area contributed by atoms with Crippen LogP contribution in [0.2, 0.25) is 0 Å². The van der Waals surface area contributed by atoms with E-state index < -0.39 is 0 Å². The van der Waals surface area contributed by atoms with E-state index in [1.807, 2.05) is 18.2 Å². The van der Waals surface area contributed by atoms with Gasteiger partial charge in [-0.2, -0.15) is 5.26 Å². The minimum absolute atomic E-state index is 0.231. The van der Waals surface area contributed by atoms with Crippen molar-refractivity contribution in [2.45, 2.75) is 18.9 Å². The second kappa shape index (κ2) is 6.14. The van der Waals surface area contributed by atoms with Crippen molar-refractivity contribution in [1.82, 2.24) is 10.3 Å². The molecule has 1 aliphatic carbocycles. The van der Waals surface area contributed by atoms with Crippen LogP contribution in [0, 0.1) is 11.3 Å². The molecule has 2 amide bonds.